The molecule has 1 unspecified atom stereocenters. The molecule has 3 N–H and O–H groups in total. The second-order valence-corrected chi connectivity index (χ2v) is 9.51. The SMILES string of the molecule is CC(C)([OH2+])C(C)(C)O[B]c1ccc2ccc3ccc4c(c3c2c1)OC(c1ccccc1)N4. The van der Waals surface area contributed by atoms with Crippen molar-refractivity contribution >= 4 is 40.2 Å². The lowest BCUT2D eigenvalue weighted by molar-refractivity contribution is -0.0893. The van der Waals surface area contributed by atoms with Crippen LogP contribution in [0.15, 0.2) is 72.8 Å². The Morgan fingerprint density at radius 1 is 0.906 bits per heavy atom. The largest absolute Gasteiger partial charge is 0.464 e. The van der Waals surface area contributed by atoms with Crippen LogP contribution in [0.2, 0.25) is 0 Å². The summed E-state index contributed by atoms with van der Waals surface area (Å²) < 4.78 is 12.5. The van der Waals surface area contributed by atoms with Crippen LogP contribution in [0.25, 0.3) is 21.5 Å². The molecule has 5 rings (SSSR count). The van der Waals surface area contributed by atoms with Crippen LogP contribution in [-0.2, 0) is 4.65 Å². The fraction of sp³-hybridized carbons (Fsp3) is 0.259. The molecular weight excluding hydrogens is 397 g/mol. The number of nitrogens with one attached hydrogen (secondary N) is 1. The summed E-state index contributed by atoms with van der Waals surface area (Å²) in [5.74, 6) is 0.882. The molecule has 1 atom stereocenters. The van der Waals surface area contributed by atoms with Gasteiger partial charge in [-0.15, -0.1) is 0 Å². The van der Waals surface area contributed by atoms with Crippen molar-refractivity contribution in [1.29, 1.82) is 0 Å². The molecule has 0 aromatic heterocycles. The number of fused-ring (bicyclic) bond motifs is 5. The van der Waals surface area contributed by atoms with Crippen LogP contribution in [0.1, 0.15) is 39.5 Å². The van der Waals surface area contributed by atoms with E-state index in [-0.39, 0.29) is 6.23 Å². The molecule has 1 radical (unpaired) electrons. The minimum Gasteiger partial charge on any atom is -0.464 e. The Morgan fingerprint density at radius 3 is 2.34 bits per heavy atom. The third-order valence-electron chi connectivity index (χ3n) is 6.60. The number of rotatable bonds is 5. The van der Waals surface area contributed by atoms with Crippen molar-refractivity contribution in [3.63, 3.8) is 0 Å². The van der Waals surface area contributed by atoms with Crippen LogP contribution in [0.3, 0.4) is 0 Å². The van der Waals surface area contributed by atoms with Gasteiger partial charge in [0.15, 0.2) is 17.6 Å². The first-order valence-corrected chi connectivity index (χ1v) is 11.0. The number of hydrogen-bond donors (Lipinski definition) is 1. The van der Waals surface area contributed by atoms with Gasteiger partial charge >= 0.3 is 7.48 Å². The summed E-state index contributed by atoms with van der Waals surface area (Å²) in [5, 5.41) is 16.4. The molecule has 32 heavy (non-hydrogen) atoms. The minimum absolute atomic E-state index is 0.204. The van der Waals surface area contributed by atoms with Crippen LogP contribution >= 0.6 is 0 Å². The summed E-state index contributed by atoms with van der Waals surface area (Å²) >= 11 is 0. The lowest BCUT2D eigenvalue weighted by atomic mass is 9.81. The Hall–Kier alpha value is -3.02. The smallest absolute Gasteiger partial charge is 0.331 e. The predicted octanol–water partition coefficient (Wildman–Crippen LogP) is 5.04. The van der Waals surface area contributed by atoms with Gasteiger partial charge in [0.05, 0.1) is 5.69 Å². The summed E-state index contributed by atoms with van der Waals surface area (Å²) in [6, 6.07) is 25.0. The highest BCUT2D eigenvalue weighted by atomic mass is 16.5. The molecule has 5 heteroatoms. The van der Waals surface area contributed by atoms with E-state index in [4.69, 9.17) is 14.5 Å². The van der Waals surface area contributed by atoms with Gasteiger partial charge in [-0.3, -0.25) is 0 Å². The summed E-state index contributed by atoms with van der Waals surface area (Å²) in [6.45, 7) is 7.63. The van der Waals surface area contributed by atoms with E-state index >= 15 is 0 Å². The van der Waals surface area contributed by atoms with Crippen molar-refractivity contribution in [2.24, 2.45) is 0 Å². The molecule has 0 amide bonds. The van der Waals surface area contributed by atoms with Crippen molar-refractivity contribution in [3.8, 4) is 5.75 Å². The van der Waals surface area contributed by atoms with E-state index in [1.807, 2.05) is 45.9 Å². The number of anilines is 1. The van der Waals surface area contributed by atoms with Gasteiger partial charge < -0.3 is 19.8 Å². The molecule has 161 valence electrons. The van der Waals surface area contributed by atoms with Crippen molar-refractivity contribution < 1.29 is 14.5 Å². The van der Waals surface area contributed by atoms with E-state index in [0.717, 1.165) is 44.0 Å². The quantitative estimate of drug-likeness (QED) is 0.277. The Bertz CT molecular complexity index is 1300. The summed E-state index contributed by atoms with van der Waals surface area (Å²) in [5.41, 5.74) is 1.73. The van der Waals surface area contributed by atoms with Gasteiger partial charge in [0.2, 0.25) is 0 Å². The monoisotopic (exact) mass is 425 g/mol. The highest BCUT2D eigenvalue weighted by Gasteiger charge is 2.40. The first-order chi connectivity index (χ1) is 15.2. The van der Waals surface area contributed by atoms with E-state index in [2.05, 4.69) is 59.9 Å². The van der Waals surface area contributed by atoms with Gasteiger partial charge in [0.25, 0.3) is 0 Å². The maximum absolute atomic E-state index is 8.34. The van der Waals surface area contributed by atoms with Crippen LogP contribution in [-0.4, -0.2) is 23.8 Å². The molecule has 0 saturated heterocycles. The summed E-state index contributed by atoms with van der Waals surface area (Å²) in [7, 11) is 1.77. The van der Waals surface area contributed by atoms with Crippen molar-refractivity contribution in [3.05, 3.63) is 78.4 Å². The molecule has 1 heterocycles. The lowest BCUT2D eigenvalue weighted by Gasteiger charge is -2.33. The maximum atomic E-state index is 8.34. The molecule has 1 aliphatic rings. The number of ether oxygens (including phenoxy) is 1. The maximum Gasteiger partial charge on any atom is 0.331 e. The van der Waals surface area contributed by atoms with Gasteiger partial charge in [0.1, 0.15) is 5.60 Å². The fourth-order valence-electron chi connectivity index (χ4n) is 3.87. The predicted molar refractivity (Wildman–Crippen MR) is 133 cm³/mol. The Labute approximate surface area is 189 Å². The van der Waals surface area contributed by atoms with E-state index in [0.29, 0.717) is 0 Å². The van der Waals surface area contributed by atoms with Crippen LogP contribution < -0.4 is 15.5 Å². The molecule has 4 aromatic carbocycles. The first-order valence-electron chi connectivity index (χ1n) is 11.0. The highest BCUT2D eigenvalue weighted by Crippen LogP contribution is 2.45. The molecule has 4 nitrogen and oxygen atoms in total. The average molecular weight is 425 g/mol. The number of hydrogen-bond acceptors (Lipinski definition) is 3. The van der Waals surface area contributed by atoms with E-state index in [1.54, 1.807) is 7.48 Å². The summed E-state index contributed by atoms with van der Waals surface area (Å²) in [6.07, 6.45) is -0.204. The zero-order valence-electron chi connectivity index (χ0n) is 18.9. The molecule has 0 saturated carbocycles. The van der Waals surface area contributed by atoms with Crippen molar-refractivity contribution in [1.82, 2.24) is 0 Å². The Morgan fingerprint density at radius 2 is 1.59 bits per heavy atom. The normalized spacial score (nSPS) is 16.0. The zero-order chi connectivity index (χ0) is 22.5. The van der Waals surface area contributed by atoms with Crippen LogP contribution in [0, 0.1) is 0 Å². The van der Waals surface area contributed by atoms with Crippen LogP contribution in [0.4, 0.5) is 5.69 Å². The second-order valence-electron chi connectivity index (χ2n) is 9.51. The summed E-state index contributed by atoms with van der Waals surface area (Å²) in [4.78, 5) is 0. The van der Waals surface area contributed by atoms with Crippen molar-refractivity contribution in [2.75, 3.05) is 5.32 Å². The van der Waals surface area contributed by atoms with E-state index < -0.39 is 11.2 Å². The third-order valence-corrected chi connectivity index (χ3v) is 6.60. The Balaban J connectivity index is 1.55. The van der Waals surface area contributed by atoms with E-state index in [9.17, 15) is 0 Å². The molecule has 0 spiro atoms. The van der Waals surface area contributed by atoms with E-state index in [1.165, 1.54) is 0 Å². The van der Waals surface area contributed by atoms with Gasteiger partial charge in [0, 0.05) is 24.8 Å². The zero-order valence-corrected chi connectivity index (χ0v) is 18.9. The van der Waals surface area contributed by atoms with Crippen molar-refractivity contribution in [2.45, 2.75) is 45.1 Å². The Kier molecular flexibility index (Phi) is 4.92. The van der Waals surface area contributed by atoms with Gasteiger partial charge in [-0.2, -0.15) is 0 Å². The fourth-order valence-corrected chi connectivity index (χ4v) is 3.87. The topological polar surface area (TPSA) is 53.4 Å². The molecule has 1 aliphatic heterocycles. The molecule has 0 fully saturated rings. The van der Waals surface area contributed by atoms with Gasteiger partial charge in [-0.1, -0.05) is 72.2 Å². The minimum atomic E-state index is -0.722. The second kappa shape index (κ2) is 7.54. The average Bonchev–Trinajstić information content (AvgIpc) is 3.21. The van der Waals surface area contributed by atoms with Crippen LogP contribution in [0.5, 0.6) is 5.75 Å². The van der Waals surface area contributed by atoms with Gasteiger partial charge in [-0.25, -0.2) is 0 Å². The van der Waals surface area contributed by atoms with Gasteiger partial charge in [-0.05, 0) is 36.1 Å². The lowest BCUT2D eigenvalue weighted by Crippen LogP contribution is -2.49. The first kappa shape index (κ1) is 20.9. The third kappa shape index (κ3) is 3.62. The molecular formula is C27H28BNO3+. The highest BCUT2D eigenvalue weighted by molar-refractivity contribution is 6.47. The standard InChI is InChI=1S/C27H27BNO3/c1-26(2,30)27(3,4)32-28-20-14-12-17-10-11-18-13-15-22-24(23(18)21(17)16-20)31-25(29-22)19-8-6-5-7-9-19/h5-16,25,29-30H,1-4H3/p+1. The molecule has 0 bridgehead atoms. The molecule has 0 aliphatic carbocycles. The molecule has 4 aromatic rings. The number of benzene rings is 4.